The topological polar surface area (TPSA) is 80.3 Å². The molecule has 5 nitrogen and oxygen atoms in total. The highest BCUT2D eigenvalue weighted by Crippen LogP contribution is 2.27. The summed E-state index contributed by atoms with van der Waals surface area (Å²) in [5.74, 6) is -0.0839. The number of sulfonamides is 2. The van der Waals surface area contributed by atoms with Gasteiger partial charge in [0.15, 0.2) is 0 Å². The van der Waals surface area contributed by atoms with Crippen LogP contribution in [0.3, 0.4) is 0 Å². The number of rotatable bonds is 5. The van der Waals surface area contributed by atoms with Crippen molar-refractivity contribution in [3.05, 3.63) is 29.3 Å². The molecule has 1 saturated carbocycles. The molecule has 1 fully saturated rings. The van der Waals surface area contributed by atoms with Gasteiger partial charge < -0.3 is 0 Å². The molecule has 8 heteroatoms. The summed E-state index contributed by atoms with van der Waals surface area (Å²) in [6.07, 6.45) is 2.66. The first-order valence-electron chi connectivity index (χ1n) is 5.80. The molecule has 0 unspecified atom stereocenters. The lowest BCUT2D eigenvalue weighted by Crippen LogP contribution is -2.36. The van der Waals surface area contributed by atoms with Gasteiger partial charge in [-0.1, -0.05) is 24.1 Å². The highest BCUT2D eigenvalue weighted by Gasteiger charge is 2.28. The number of benzene rings is 1. The predicted molar refractivity (Wildman–Crippen MR) is 72.9 cm³/mol. The van der Waals surface area contributed by atoms with Gasteiger partial charge in [-0.2, -0.15) is 0 Å². The third-order valence-corrected chi connectivity index (χ3v) is 6.94. The number of nitrogens with one attached hydrogen (secondary N) is 1. The van der Waals surface area contributed by atoms with E-state index in [-0.39, 0.29) is 21.6 Å². The molecule has 1 aromatic rings. The Kier molecular flexibility index (Phi) is 4.20. The van der Waals surface area contributed by atoms with E-state index in [1.54, 1.807) is 4.13 Å². The Balaban J connectivity index is 2.16. The van der Waals surface area contributed by atoms with Gasteiger partial charge in [-0.3, -0.25) is 0 Å². The third-order valence-electron chi connectivity index (χ3n) is 3.02. The number of hydrogen-bond acceptors (Lipinski definition) is 4. The van der Waals surface area contributed by atoms with Crippen molar-refractivity contribution < 1.29 is 16.8 Å². The summed E-state index contributed by atoms with van der Waals surface area (Å²) in [7, 11) is -7.93. The number of halogens is 1. The van der Waals surface area contributed by atoms with Crippen molar-refractivity contribution in [2.75, 3.05) is 5.75 Å². The van der Waals surface area contributed by atoms with Gasteiger partial charge in [0.25, 0.3) is 10.0 Å². The van der Waals surface area contributed by atoms with Crippen LogP contribution in [-0.4, -0.2) is 22.6 Å². The Hall–Kier alpha value is -0.630. The van der Waals surface area contributed by atoms with E-state index in [9.17, 15) is 16.8 Å². The van der Waals surface area contributed by atoms with Gasteiger partial charge in [-0.15, -0.1) is 4.13 Å². The average molecular weight is 324 g/mol. The predicted octanol–water partition coefficient (Wildman–Crippen LogP) is 1.75. The van der Waals surface area contributed by atoms with Crippen LogP contribution in [0.25, 0.3) is 0 Å². The Morgan fingerprint density at radius 2 is 1.89 bits per heavy atom. The zero-order valence-corrected chi connectivity index (χ0v) is 12.4. The highest BCUT2D eigenvalue weighted by molar-refractivity contribution is 8.04. The molecule has 0 spiro atoms. The van der Waals surface area contributed by atoms with E-state index in [0.29, 0.717) is 0 Å². The Morgan fingerprint density at radius 1 is 1.21 bits per heavy atom. The molecule has 0 amide bonds. The van der Waals surface area contributed by atoms with Crippen LogP contribution in [0, 0.1) is 5.92 Å². The minimum atomic E-state index is -4.09. The van der Waals surface area contributed by atoms with Crippen LogP contribution in [0.15, 0.2) is 29.2 Å². The zero-order valence-electron chi connectivity index (χ0n) is 10.0. The maximum Gasteiger partial charge on any atom is 0.253 e. The molecule has 2 rings (SSSR count). The van der Waals surface area contributed by atoms with Crippen LogP contribution < -0.4 is 4.13 Å². The van der Waals surface area contributed by atoms with Gasteiger partial charge in [0, 0.05) is 5.02 Å². The standard InChI is InChI=1S/C11H14ClNO4S2/c12-10-5-2-6-11(7-10)19(16,17)13-18(14,15)8-9-3-1-4-9/h2,5-7,9,13H,1,3-4,8H2. The third kappa shape index (κ3) is 3.92. The van der Waals surface area contributed by atoms with Gasteiger partial charge >= 0.3 is 0 Å². The second-order valence-electron chi connectivity index (χ2n) is 4.62. The molecule has 0 bridgehead atoms. The van der Waals surface area contributed by atoms with E-state index in [1.165, 1.54) is 24.3 Å². The lowest BCUT2D eigenvalue weighted by atomic mass is 9.87. The van der Waals surface area contributed by atoms with Gasteiger partial charge in [-0.05, 0) is 37.0 Å². The Morgan fingerprint density at radius 3 is 2.42 bits per heavy atom. The molecule has 0 aromatic heterocycles. The average Bonchev–Trinajstić information content (AvgIpc) is 2.22. The molecule has 0 heterocycles. The summed E-state index contributed by atoms with van der Waals surface area (Å²) in [5, 5.41) is 0.235. The van der Waals surface area contributed by atoms with Gasteiger partial charge in [0.2, 0.25) is 10.0 Å². The molecule has 1 N–H and O–H groups in total. The molecule has 0 aliphatic heterocycles. The second-order valence-corrected chi connectivity index (χ2v) is 8.77. The molecule has 19 heavy (non-hydrogen) atoms. The zero-order chi connectivity index (χ0) is 14.1. The lowest BCUT2D eigenvalue weighted by molar-refractivity contribution is 0.347. The normalized spacial score (nSPS) is 17.1. The minimum Gasteiger partial charge on any atom is -0.211 e. The lowest BCUT2D eigenvalue weighted by Gasteiger charge is -2.24. The fraction of sp³-hybridized carbons (Fsp3) is 0.455. The summed E-state index contributed by atoms with van der Waals surface area (Å²) in [6, 6.07) is 5.48. The molecule has 1 aromatic carbocycles. The largest absolute Gasteiger partial charge is 0.253 e. The molecular formula is C11H14ClNO4S2. The smallest absolute Gasteiger partial charge is 0.211 e. The summed E-state index contributed by atoms with van der Waals surface area (Å²) < 4.78 is 49.2. The van der Waals surface area contributed by atoms with Crippen LogP contribution in [0.1, 0.15) is 19.3 Å². The Bertz CT molecular complexity index is 666. The Labute approximate surface area is 118 Å². The van der Waals surface area contributed by atoms with Crippen molar-refractivity contribution in [3.63, 3.8) is 0 Å². The maximum atomic E-state index is 11.9. The first kappa shape index (κ1) is 14.8. The van der Waals surface area contributed by atoms with Crippen LogP contribution >= 0.6 is 11.6 Å². The van der Waals surface area contributed by atoms with E-state index in [4.69, 9.17) is 11.6 Å². The van der Waals surface area contributed by atoms with Gasteiger partial charge in [0.1, 0.15) is 0 Å². The van der Waals surface area contributed by atoms with Crippen LogP contribution in [0.4, 0.5) is 0 Å². The van der Waals surface area contributed by atoms with Crippen LogP contribution in [-0.2, 0) is 20.0 Å². The van der Waals surface area contributed by atoms with Crippen molar-refractivity contribution in [3.8, 4) is 0 Å². The molecule has 0 saturated heterocycles. The van der Waals surface area contributed by atoms with E-state index in [0.717, 1.165) is 19.3 Å². The van der Waals surface area contributed by atoms with Crippen molar-refractivity contribution in [1.82, 2.24) is 4.13 Å². The van der Waals surface area contributed by atoms with Gasteiger partial charge in [-0.25, -0.2) is 16.8 Å². The minimum absolute atomic E-state index is 0.0621. The second kappa shape index (κ2) is 5.40. The van der Waals surface area contributed by atoms with Crippen molar-refractivity contribution in [2.45, 2.75) is 24.2 Å². The maximum absolute atomic E-state index is 11.9. The SMILES string of the molecule is O=S(=O)(CC1CCC1)NS(=O)(=O)c1cccc(Cl)c1. The van der Waals surface area contributed by atoms with Crippen molar-refractivity contribution >= 4 is 31.6 Å². The van der Waals surface area contributed by atoms with Crippen LogP contribution in [0.2, 0.25) is 5.02 Å². The first-order valence-corrected chi connectivity index (χ1v) is 9.32. The quantitative estimate of drug-likeness (QED) is 0.895. The number of hydrogen-bond donors (Lipinski definition) is 1. The van der Waals surface area contributed by atoms with Crippen molar-refractivity contribution in [1.29, 1.82) is 0 Å². The summed E-state index contributed by atoms with van der Waals surface area (Å²) >= 11 is 5.70. The summed E-state index contributed by atoms with van der Waals surface area (Å²) in [5.41, 5.74) is 0. The van der Waals surface area contributed by atoms with E-state index >= 15 is 0 Å². The van der Waals surface area contributed by atoms with E-state index in [2.05, 4.69) is 0 Å². The first-order chi connectivity index (χ1) is 8.78. The molecule has 0 radical (unpaired) electrons. The molecule has 1 aliphatic rings. The summed E-state index contributed by atoms with van der Waals surface area (Å²) in [4.78, 5) is -0.155. The van der Waals surface area contributed by atoms with E-state index in [1.807, 2.05) is 0 Å². The molecule has 1 aliphatic carbocycles. The monoisotopic (exact) mass is 323 g/mol. The van der Waals surface area contributed by atoms with Crippen LogP contribution in [0.5, 0.6) is 0 Å². The fourth-order valence-corrected chi connectivity index (χ4v) is 5.60. The highest BCUT2D eigenvalue weighted by atomic mass is 35.5. The summed E-state index contributed by atoms with van der Waals surface area (Å²) in [6.45, 7) is 0. The molecular weight excluding hydrogens is 310 g/mol. The van der Waals surface area contributed by atoms with E-state index < -0.39 is 20.0 Å². The van der Waals surface area contributed by atoms with Crippen molar-refractivity contribution in [2.24, 2.45) is 5.92 Å². The van der Waals surface area contributed by atoms with Gasteiger partial charge in [0.05, 0.1) is 10.6 Å². The fourth-order valence-electron chi connectivity index (χ4n) is 1.85. The molecule has 106 valence electrons. The molecule has 0 atom stereocenters.